The first-order valence-electron chi connectivity index (χ1n) is 9.49. The van der Waals surface area contributed by atoms with Gasteiger partial charge in [-0.25, -0.2) is 0 Å². The van der Waals surface area contributed by atoms with Crippen LogP contribution in [0.5, 0.6) is 5.75 Å². The first-order valence-corrected chi connectivity index (χ1v) is 9.49. The van der Waals surface area contributed by atoms with Crippen LogP contribution in [0.15, 0.2) is 48.5 Å². The van der Waals surface area contributed by atoms with Gasteiger partial charge in [0.25, 0.3) is 0 Å². The van der Waals surface area contributed by atoms with Crippen LogP contribution in [0.4, 0.5) is 0 Å². The molecule has 0 saturated carbocycles. The van der Waals surface area contributed by atoms with Gasteiger partial charge in [0.2, 0.25) is 0 Å². The molecule has 1 saturated heterocycles. The number of benzene rings is 2. The van der Waals surface area contributed by atoms with Gasteiger partial charge in [-0.15, -0.1) is 0 Å². The molecule has 2 unspecified atom stereocenters. The van der Waals surface area contributed by atoms with Crippen molar-refractivity contribution in [3.63, 3.8) is 0 Å². The normalized spacial score (nSPS) is 23.4. The van der Waals surface area contributed by atoms with Crippen molar-refractivity contribution in [3.05, 3.63) is 65.4 Å². The minimum absolute atomic E-state index is 0.340. The minimum atomic E-state index is 0.340. The molecule has 2 aromatic carbocycles. The van der Waals surface area contributed by atoms with Crippen LogP contribution >= 0.6 is 0 Å². The van der Waals surface area contributed by atoms with Crippen LogP contribution < -0.4 is 0 Å². The van der Waals surface area contributed by atoms with E-state index in [-0.39, 0.29) is 0 Å². The van der Waals surface area contributed by atoms with E-state index in [0.29, 0.717) is 17.7 Å². The lowest BCUT2D eigenvalue weighted by Crippen LogP contribution is -2.39. The van der Waals surface area contributed by atoms with E-state index in [1.54, 1.807) is 6.07 Å². The second-order valence-corrected chi connectivity index (χ2v) is 7.52. The van der Waals surface area contributed by atoms with Gasteiger partial charge in [0.1, 0.15) is 5.75 Å². The van der Waals surface area contributed by atoms with Gasteiger partial charge < -0.3 is 14.8 Å². The van der Waals surface area contributed by atoms with Gasteiger partial charge in [-0.2, -0.15) is 0 Å². The number of ether oxygens (including phenoxy) is 1. The molecule has 4 heteroatoms. The van der Waals surface area contributed by atoms with Crippen molar-refractivity contribution >= 4 is 10.9 Å². The molecule has 1 aromatic heterocycles. The van der Waals surface area contributed by atoms with E-state index in [1.807, 2.05) is 12.1 Å². The fourth-order valence-electron chi connectivity index (χ4n) is 4.69. The number of aromatic amines is 1. The van der Waals surface area contributed by atoms with E-state index in [4.69, 9.17) is 4.74 Å². The molecule has 2 atom stereocenters. The molecule has 0 bridgehead atoms. The van der Waals surface area contributed by atoms with Crippen molar-refractivity contribution < 1.29 is 9.84 Å². The highest BCUT2D eigenvalue weighted by atomic mass is 16.5. The number of nitrogens with one attached hydrogen (secondary N) is 1. The van der Waals surface area contributed by atoms with Gasteiger partial charge >= 0.3 is 0 Å². The van der Waals surface area contributed by atoms with E-state index in [0.717, 1.165) is 44.7 Å². The van der Waals surface area contributed by atoms with Crippen molar-refractivity contribution in [3.8, 4) is 5.75 Å². The summed E-state index contributed by atoms with van der Waals surface area (Å²) in [5, 5.41) is 11.1. The Bertz CT molecular complexity index is 913. The van der Waals surface area contributed by atoms with Crippen molar-refractivity contribution in [1.29, 1.82) is 0 Å². The molecule has 134 valence electrons. The van der Waals surface area contributed by atoms with E-state index in [2.05, 4.69) is 40.2 Å². The zero-order valence-electron chi connectivity index (χ0n) is 14.8. The Hall–Kier alpha value is -2.30. The lowest BCUT2D eigenvalue weighted by atomic mass is 9.87. The first kappa shape index (κ1) is 15.9. The predicted octanol–water partition coefficient (Wildman–Crippen LogP) is 4.01. The van der Waals surface area contributed by atoms with Crippen LogP contribution in [0.25, 0.3) is 10.9 Å². The van der Waals surface area contributed by atoms with E-state index in [9.17, 15) is 5.11 Å². The Morgan fingerprint density at radius 1 is 1.15 bits per heavy atom. The number of aromatic nitrogens is 1. The molecule has 0 amide bonds. The number of hydrogen-bond acceptors (Lipinski definition) is 3. The van der Waals surface area contributed by atoms with Gasteiger partial charge in [0, 0.05) is 42.2 Å². The monoisotopic (exact) mass is 348 g/mol. The van der Waals surface area contributed by atoms with Gasteiger partial charge in [-0.1, -0.05) is 30.3 Å². The molecule has 1 fully saturated rings. The van der Waals surface area contributed by atoms with Gasteiger partial charge in [0.05, 0.1) is 12.6 Å². The molecule has 0 radical (unpaired) electrons. The van der Waals surface area contributed by atoms with Crippen LogP contribution in [-0.2, 0) is 17.7 Å². The SMILES string of the molecule is Oc1ccc2[nH]c3c(c2c1)CCN(Cc1ccccc1)C3C1CCOC1. The first-order chi connectivity index (χ1) is 12.8. The lowest BCUT2D eigenvalue weighted by Gasteiger charge is -2.39. The molecule has 26 heavy (non-hydrogen) atoms. The number of phenols is 1. The highest BCUT2D eigenvalue weighted by Gasteiger charge is 2.37. The molecular formula is C22H24N2O2. The molecule has 4 nitrogen and oxygen atoms in total. The second kappa shape index (κ2) is 6.45. The number of rotatable bonds is 3. The summed E-state index contributed by atoms with van der Waals surface area (Å²) in [6.07, 6.45) is 2.12. The summed E-state index contributed by atoms with van der Waals surface area (Å²) in [4.78, 5) is 6.28. The minimum Gasteiger partial charge on any atom is -0.508 e. The zero-order valence-corrected chi connectivity index (χ0v) is 14.8. The van der Waals surface area contributed by atoms with Crippen molar-refractivity contribution in [2.45, 2.75) is 25.4 Å². The Balaban J connectivity index is 1.57. The lowest BCUT2D eigenvalue weighted by molar-refractivity contribution is 0.102. The molecule has 2 aliphatic rings. The zero-order chi connectivity index (χ0) is 17.5. The maximum absolute atomic E-state index is 9.93. The van der Waals surface area contributed by atoms with Gasteiger partial charge in [0.15, 0.2) is 0 Å². The fraction of sp³-hybridized carbons (Fsp3) is 0.364. The molecule has 2 N–H and O–H groups in total. The van der Waals surface area contributed by atoms with E-state index >= 15 is 0 Å². The average Bonchev–Trinajstić information content (AvgIpc) is 3.30. The third kappa shape index (κ3) is 2.70. The number of H-pyrrole nitrogens is 1. The maximum atomic E-state index is 9.93. The molecule has 0 aliphatic carbocycles. The molecule has 0 spiro atoms. The van der Waals surface area contributed by atoms with Gasteiger partial charge in [-0.3, -0.25) is 4.90 Å². The smallest absolute Gasteiger partial charge is 0.116 e. The number of fused-ring (bicyclic) bond motifs is 3. The highest BCUT2D eigenvalue weighted by molar-refractivity contribution is 5.86. The Labute approximate surface area is 153 Å². The molecule has 3 heterocycles. The number of aromatic hydroxyl groups is 1. The summed E-state index contributed by atoms with van der Waals surface area (Å²) in [7, 11) is 0. The number of phenolic OH excluding ortho intramolecular Hbond substituents is 1. The summed E-state index contributed by atoms with van der Waals surface area (Å²) < 4.78 is 5.74. The third-order valence-corrected chi connectivity index (χ3v) is 5.90. The summed E-state index contributed by atoms with van der Waals surface area (Å²) in [5.41, 5.74) is 5.17. The summed E-state index contributed by atoms with van der Waals surface area (Å²) >= 11 is 0. The van der Waals surface area contributed by atoms with Crippen LogP contribution in [0, 0.1) is 5.92 Å². The largest absolute Gasteiger partial charge is 0.508 e. The Morgan fingerprint density at radius 3 is 2.85 bits per heavy atom. The van der Waals surface area contributed by atoms with Crippen LogP contribution in [0.1, 0.15) is 29.3 Å². The maximum Gasteiger partial charge on any atom is 0.116 e. The number of hydrogen-bond donors (Lipinski definition) is 2. The van der Waals surface area contributed by atoms with Crippen LogP contribution in [0.3, 0.4) is 0 Å². The molecule has 2 aliphatic heterocycles. The van der Waals surface area contributed by atoms with Crippen LogP contribution in [-0.4, -0.2) is 34.7 Å². The summed E-state index contributed by atoms with van der Waals surface area (Å²) in [5.74, 6) is 0.853. The third-order valence-electron chi connectivity index (χ3n) is 5.90. The average molecular weight is 348 g/mol. The van der Waals surface area contributed by atoms with Crippen LogP contribution in [0.2, 0.25) is 0 Å². The van der Waals surface area contributed by atoms with Crippen molar-refractivity contribution in [1.82, 2.24) is 9.88 Å². The second-order valence-electron chi connectivity index (χ2n) is 7.52. The molecule has 3 aromatic rings. The Kier molecular flexibility index (Phi) is 3.95. The van der Waals surface area contributed by atoms with Crippen molar-refractivity contribution in [2.24, 2.45) is 5.92 Å². The molecular weight excluding hydrogens is 324 g/mol. The van der Waals surface area contributed by atoms with Gasteiger partial charge in [-0.05, 0) is 42.2 Å². The predicted molar refractivity (Wildman–Crippen MR) is 102 cm³/mol. The topological polar surface area (TPSA) is 48.5 Å². The highest BCUT2D eigenvalue weighted by Crippen LogP contribution is 2.42. The summed E-state index contributed by atoms with van der Waals surface area (Å²) in [6.45, 7) is 3.68. The van der Waals surface area contributed by atoms with Crippen molar-refractivity contribution in [2.75, 3.05) is 19.8 Å². The standard InChI is InChI=1S/C22H24N2O2/c25-17-6-7-20-19(12-17)18-8-10-24(13-15-4-2-1-3-5-15)22(21(18)23-20)16-9-11-26-14-16/h1-7,12,16,22-23,25H,8-11,13-14H2. The molecule has 5 rings (SSSR count). The Morgan fingerprint density at radius 2 is 2.04 bits per heavy atom. The van der Waals surface area contributed by atoms with E-state index < -0.39 is 0 Å². The van der Waals surface area contributed by atoms with E-state index in [1.165, 1.54) is 22.2 Å². The fourth-order valence-corrected chi connectivity index (χ4v) is 4.69. The number of nitrogens with zero attached hydrogens (tertiary/aromatic N) is 1. The quantitative estimate of drug-likeness (QED) is 0.752. The summed E-state index contributed by atoms with van der Waals surface area (Å²) in [6, 6.07) is 16.7.